The molecule has 0 spiro atoms. The molecule has 2 rings (SSSR count). The predicted molar refractivity (Wildman–Crippen MR) is 56.1 cm³/mol. The Labute approximate surface area is 127 Å². The molecule has 0 bridgehead atoms. The van der Waals surface area contributed by atoms with Crippen LogP contribution in [0.1, 0.15) is 15.9 Å². The zero-order chi connectivity index (χ0) is 11.2. The summed E-state index contributed by atoms with van der Waals surface area (Å²) in [7, 11) is 0. The van der Waals surface area contributed by atoms with Gasteiger partial charge in [0.2, 0.25) is 0 Å². The Hall–Kier alpha value is 0.580. The monoisotopic (exact) mass is 286 g/mol. The van der Waals surface area contributed by atoms with Crippen LogP contribution in [-0.4, -0.2) is 18.9 Å². The third kappa shape index (κ3) is 2.53. The van der Waals surface area contributed by atoms with E-state index in [0.29, 0.717) is 11.1 Å². The summed E-state index contributed by atoms with van der Waals surface area (Å²) in [6.45, 7) is 0. The van der Waals surface area contributed by atoms with Crippen molar-refractivity contribution in [2.75, 3.05) is 0 Å². The first-order valence-electron chi connectivity index (χ1n) is 4.06. The van der Waals surface area contributed by atoms with Gasteiger partial charge >= 0.3 is 29.6 Å². The first-order valence-corrected chi connectivity index (χ1v) is 5.90. The zero-order valence-electron chi connectivity index (χ0n) is 8.33. The topological polar surface area (TPSA) is 57.2 Å². The Bertz CT molecular complexity index is 476. The van der Waals surface area contributed by atoms with Crippen molar-refractivity contribution in [3.8, 4) is 0 Å². The van der Waals surface area contributed by atoms with Crippen molar-refractivity contribution in [1.29, 1.82) is 0 Å². The largest absolute Gasteiger partial charge is 1.00 e. The molecule has 0 fully saturated rings. The standard InChI is InChI=1S/C9H6Cl2O3S.Na/c10-9(11)4-5-3-6(15(13)14)1-2-7(5)8(9)12;/h1-3H,4H2,(H,13,14);/q;+1/p-1. The number of benzene rings is 1. The molecule has 1 aromatic carbocycles. The van der Waals surface area contributed by atoms with Crippen LogP contribution in [0.2, 0.25) is 0 Å². The van der Waals surface area contributed by atoms with Crippen molar-refractivity contribution >= 4 is 40.1 Å². The molecule has 0 amide bonds. The van der Waals surface area contributed by atoms with E-state index in [1.165, 1.54) is 18.2 Å². The van der Waals surface area contributed by atoms with E-state index in [9.17, 15) is 13.6 Å². The van der Waals surface area contributed by atoms with Crippen molar-refractivity contribution in [3.63, 3.8) is 0 Å². The van der Waals surface area contributed by atoms with Gasteiger partial charge in [0.25, 0.3) is 0 Å². The number of Topliss-reactive ketones (excluding diaryl/α,β-unsaturated/α-hetero) is 1. The summed E-state index contributed by atoms with van der Waals surface area (Å²) in [6.07, 6.45) is 0.148. The molecule has 0 aliphatic heterocycles. The van der Waals surface area contributed by atoms with Gasteiger partial charge in [-0.2, -0.15) is 0 Å². The molecule has 0 saturated carbocycles. The normalized spacial score (nSPS) is 18.8. The summed E-state index contributed by atoms with van der Waals surface area (Å²) in [5, 5.41) is 0. The van der Waals surface area contributed by atoms with Crippen LogP contribution in [0.3, 0.4) is 0 Å². The van der Waals surface area contributed by atoms with Gasteiger partial charge in [0, 0.05) is 16.9 Å². The van der Waals surface area contributed by atoms with Crippen LogP contribution in [0.5, 0.6) is 0 Å². The van der Waals surface area contributed by atoms with Crippen LogP contribution in [-0.2, 0) is 17.5 Å². The summed E-state index contributed by atoms with van der Waals surface area (Å²) in [5.41, 5.74) is 0.973. The second kappa shape index (κ2) is 5.06. The van der Waals surface area contributed by atoms with Gasteiger partial charge in [-0.15, -0.1) is 0 Å². The number of alkyl halides is 2. The minimum Gasteiger partial charge on any atom is -0.768 e. The van der Waals surface area contributed by atoms with Gasteiger partial charge in [-0.1, -0.05) is 23.2 Å². The van der Waals surface area contributed by atoms with Gasteiger partial charge in [0.05, 0.1) is 0 Å². The molecule has 1 aliphatic carbocycles. The summed E-state index contributed by atoms with van der Waals surface area (Å²) in [6, 6.07) is 4.22. The number of hydrogen-bond donors (Lipinski definition) is 0. The van der Waals surface area contributed by atoms with Crippen molar-refractivity contribution in [2.45, 2.75) is 15.6 Å². The van der Waals surface area contributed by atoms with Gasteiger partial charge < -0.3 is 4.55 Å². The fraction of sp³-hybridized carbons (Fsp3) is 0.222. The molecule has 1 aromatic rings. The summed E-state index contributed by atoms with van der Waals surface area (Å²) in [4.78, 5) is 11.7. The molecule has 0 N–H and O–H groups in total. The minimum absolute atomic E-state index is 0. The van der Waals surface area contributed by atoms with Gasteiger partial charge in [0.1, 0.15) is 0 Å². The molecule has 1 unspecified atom stereocenters. The van der Waals surface area contributed by atoms with E-state index >= 15 is 0 Å². The Kier molecular flexibility index (Phi) is 4.63. The Morgan fingerprint density at radius 3 is 2.56 bits per heavy atom. The number of carbonyl (C=O) groups is 1. The van der Waals surface area contributed by atoms with Gasteiger partial charge in [-0.3, -0.25) is 9.00 Å². The number of ketones is 1. The Morgan fingerprint density at radius 1 is 1.38 bits per heavy atom. The van der Waals surface area contributed by atoms with Gasteiger partial charge in [-0.25, -0.2) is 0 Å². The van der Waals surface area contributed by atoms with Crippen molar-refractivity contribution in [2.24, 2.45) is 0 Å². The maximum atomic E-state index is 11.6. The van der Waals surface area contributed by atoms with Crippen LogP contribution in [0, 0.1) is 0 Å². The first-order chi connectivity index (χ1) is 6.92. The second-order valence-electron chi connectivity index (χ2n) is 3.26. The van der Waals surface area contributed by atoms with Gasteiger partial charge in [-0.05, 0) is 34.8 Å². The van der Waals surface area contributed by atoms with E-state index in [1.54, 1.807) is 0 Å². The molecule has 0 heterocycles. The predicted octanol–water partition coefficient (Wildman–Crippen LogP) is -1.16. The van der Waals surface area contributed by atoms with Crippen molar-refractivity contribution in [1.82, 2.24) is 0 Å². The Balaban J connectivity index is 0.00000128. The van der Waals surface area contributed by atoms with E-state index in [0.717, 1.165) is 0 Å². The number of halogens is 2. The number of hydrogen-bond acceptors (Lipinski definition) is 3. The van der Waals surface area contributed by atoms with Crippen LogP contribution in [0.15, 0.2) is 23.1 Å². The molecule has 1 aliphatic rings. The molecule has 80 valence electrons. The molecular weight excluding hydrogens is 282 g/mol. The number of fused-ring (bicyclic) bond motifs is 1. The number of carbonyl (C=O) groups excluding carboxylic acids is 1. The third-order valence-electron chi connectivity index (χ3n) is 2.26. The van der Waals surface area contributed by atoms with Crippen molar-refractivity contribution in [3.05, 3.63) is 29.3 Å². The van der Waals surface area contributed by atoms with E-state index in [2.05, 4.69) is 0 Å². The van der Waals surface area contributed by atoms with Crippen LogP contribution < -0.4 is 29.6 Å². The quantitative estimate of drug-likeness (QED) is 0.372. The maximum Gasteiger partial charge on any atom is 1.00 e. The molecule has 1 atom stereocenters. The average molecular weight is 287 g/mol. The third-order valence-corrected chi connectivity index (χ3v) is 3.51. The van der Waals surface area contributed by atoms with E-state index in [1.807, 2.05) is 0 Å². The fourth-order valence-electron chi connectivity index (χ4n) is 1.56. The van der Waals surface area contributed by atoms with Crippen LogP contribution >= 0.6 is 23.2 Å². The van der Waals surface area contributed by atoms with E-state index in [-0.39, 0.29) is 46.7 Å². The zero-order valence-corrected chi connectivity index (χ0v) is 12.7. The SMILES string of the molecule is O=C1c2ccc(S(=O)[O-])cc2CC1(Cl)Cl.[Na+]. The Morgan fingerprint density at radius 2 is 2.00 bits per heavy atom. The summed E-state index contributed by atoms with van der Waals surface area (Å²) >= 11 is 9.25. The minimum atomic E-state index is -2.30. The second-order valence-corrected chi connectivity index (χ2v) is 5.69. The molecule has 16 heavy (non-hydrogen) atoms. The molecule has 0 saturated heterocycles. The molecule has 0 radical (unpaired) electrons. The molecule has 7 heteroatoms. The average Bonchev–Trinajstić information content (AvgIpc) is 2.37. The van der Waals surface area contributed by atoms with E-state index in [4.69, 9.17) is 23.2 Å². The van der Waals surface area contributed by atoms with Crippen LogP contribution in [0.25, 0.3) is 0 Å². The summed E-state index contributed by atoms with van der Waals surface area (Å²) < 4.78 is 19.9. The first kappa shape index (κ1) is 14.6. The molecule has 0 aromatic heterocycles. The van der Waals surface area contributed by atoms with E-state index < -0.39 is 15.4 Å². The van der Waals surface area contributed by atoms with Gasteiger partial charge in [0.15, 0.2) is 10.1 Å². The fourth-order valence-corrected chi connectivity index (χ4v) is 2.47. The summed E-state index contributed by atoms with van der Waals surface area (Å²) in [5.74, 6) is -0.371. The smallest absolute Gasteiger partial charge is 0.768 e. The number of rotatable bonds is 1. The van der Waals surface area contributed by atoms with Crippen molar-refractivity contribution < 1.29 is 43.1 Å². The molecular formula is C9H5Cl2NaO3S. The van der Waals surface area contributed by atoms with Crippen LogP contribution in [0.4, 0.5) is 0 Å². The molecule has 3 nitrogen and oxygen atoms in total. The maximum absolute atomic E-state index is 11.6.